The number of nitrogens with zero attached hydrogens (tertiary/aromatic N) is 3. The van der Waals surface area contributed by atoms with Gasteiger partial charge in [0.2, 0.25) is 11.9 Å². The van der Waals surface area contributed by atoms with Crippen molar-refractivity contribution >= 4 is 29.1 Å². The van der Waals surface area contributed by atoms with E-state index in [4.69, 9.17) is 11.6 Å². The Bertz CT molecular complexity index is 909. The first-order valence-electron chi connectivity index (χ1n) is 8.41. The van der Waals surface area contributed by atoms with E-state index in [0.717, 1.165) is 5.56 Å². The number of hydrogen-bond donors (Lipinski definition) is 2. The van der Waals surface area contributed by atoms with Crippen LogP contribution in [0, 0.1) is 5.92 Å². The van der Waals surface area contributed by atoms with E-state index in [-0.39, 0.29) is 23.9 Å². The Morgan fingerprint density at radius 1 is 1.15 bits per heavy atom. The highest BCUT2D eigenvalue weighted by Crippen LogP contribution is 2.36. The van der Waals surface area contributed by atoms with E-state index in [2.05, 4.69) is 20.7 Å². The van der Waals surface area contributed by atoms with Gasteiger partial charge in [-0.3, -0.25) is 4.79 Å². The third-order valence-corrected chi connectivity index (χ3v) is 4.88. The molecule has 3 unspecified atom stereocenters. The van der Waals surface area contributed by atoms with Crippen molar-refractivity contribution in [2.24, 2.45) is 5.92 Å². The van der Waals surface area contributed by atoms with Crippen molar-refractivity contribution in [3.8, 4) is 0 Å². The Kier molecular flexibility index (Phi) is 4.34. The maximum Gasteiger partial charge on any atom is 0.232 e. The highest BCUT2D eigenvalue weighted by molar-refractivity contribution is 6.30. The van der Waals surface area contributed by atoms with Crippen molar-refractivity contribution in [1.82, 2.24) is 14.8 Å². The molecule has 0 spiro atoms. The monoisotopic (exact) mass is 367 g/mol. The number of benzene rings is 2. The number of fused-ring (bicyclic) bond motifs is 1. The SMILES string of the molecule is CC1Nc2ncnn2C(c2ccccc2)C1C(=O)Nc1ccc(Cl)cc1. The molecule has 0 fully saturated rings. The number of anilines is 2. The molecule has 0 aliphatic carbocycles. The van der Waals surface area contributed by atoms with E-state index in [9.17, 15) is 4.79 Å². The summed E-state index contributed by atoms with van der Waals surface area (Å²) in [6.45, 7) is 1.99. The third kappa shape index (κ3) is 3.04. The second-order valence-electron chi connectivity index (χ2n) is 6.34. The molecule has 1 aromatic heterocycles. The molecule has 0 saturated carbocycles. The molecule has 6 nitrogen and oxygen atoms in total. The zero-order valence-corrected chi connectivity index (χ0v) is 14.9. The van der Waals surface area contributed by atoms with Gasteiger partial charge >= 0.3 is 0 Å². The van der Waals surface area contributed by atoms with Gasteiger partial charge in [0.25, 0.3) is 0 Å². The lowest BCUT2D eigenvalue weighted by Crippen LogP contribution is -2.46. The number of nitrogens with one attached hydrogen (secondary N) is 2. The molecule has 132 valence electrons. The Morgan fingerprint density at radius 3 is 2.62 bits per heavy atom. The topological polar surface area (TPSA) is 71.8 Å². The molecule has 26 heavy (non-hydrogen) atoms. The fourth-order valence-corrected chi connectivity index (χ4v) is 3.53. The van der Waals surface area contributed by atoms with Crippen molar-refractivity contribution in [3.63, 3.8) is 0 Å². The zero-order chi connectivity index (χ0) is 18.1. The maximum absolute atomic E-state index is 13.1. The Balaban J connectivity index is 1.70. The van der Waals surface area contributed by atoms with Crippen molar-refractivity contribution in [2.75, 3.05) is 10.6 Å². The third-order valence-electron chi connectivity index (χ3n) is 4.63. The highest BCUT2D eigenvalue weighted by atomic mass is 35.5. The summed E-state index contributed by atoms with van der Waals surface area (Å²) >= 11 is 5.93. The normalized spacial score (nSPS) is 21.5. The van der Waals surface area contributed by atoms with Crippen LogP contribution in [0.25, 0.3) is 0 Å². The summed E-state index contributed by atoms with van der Waals surface area (Å²) in [7, 11) is 0. The average Bonchev–Trinajstić information content (AvgIpc) is 3.11. The Morgan fingerprint density at radius 2 is 1.88 bits per heavy atom. The number of halogens is 1. The minimum absolute atomic E-state index is 0.0812. The minimum atomic E-state index is -0.359. The lowest BCUT2D eigenvalue weighted by atomic mass is 9.85. The Labute approximate surface area is 156 Å². The summed E-state index contributed by atoms with van der Waals surface area (Å²) in [6.07, 6.45) is 1.50. The van der Waals surface area contributed by atoms with Gasteiger partial charge in [-0.15, -0.1) is 0 Å². The van der Waals surface area contributed by atoms with Crippen LogP contribution in [0.4, 0.5) is 11.6 Å². The molecular weight excluding hydrogens is 350 g/mol. The largest absolute Gasteiger partial charge is 0.351 e. The second-order valence-corrected chi connectivity index (χ2v) is 6.78. The van der Waals surface area contributed by atoms with Gasteiger partial charge in [0, 0.05) is 16.8 Å². The van der Waals surface area contributed by atoms with Crippen LogP contribution in [0.1, 0.15) is 18.5 Å². The van der Waals surface area contributed by atoms with Gasteiger partial charge in [-0.25, -0.2) is 4.68 Å². The van der Waals surface area contributed by atoms with Crippen LogP contribution < -0.4 is 10.6 Å². The molecule has 0 saturated heterocycles. The Hall–Kier alpha value is -2.86. The van der Waals surface area contributed by atoms with Gasteiger partial charge in [0.15, 0.2) is 0 Å². The standard InChI is InChI=1S/C19H18ClN5O/c1-12-16(18(26)24-15-9-7-14(20)8-10-15)17(13-5-3-2-4-6-13)25-19(23-12)21-11-22-25/h2-12,16-17H,1H3,(H,24,26)(H,21,22,23). The molecule has 1 aliphatic rings. The molecule has 2 heterocycles. The van der Waals surface area contributed by atoms with Gasteiger partial charge in [-0.1, -0.05) is 41.9 Å². The van der Waals surface area contributed by atoms with Gasteiger partial charge in [-0.05, 0) is 36.8 Å². The number of carbonyl (C=O) groups is 1. The smallest absolute Gasteiger partial charge is 0.232 e. The lowest BCUT2D eigenvalue weighted by Gasteiger charge is -2.36. The summed E-state index contributed by atoms with van der Waals surface area (Å²) in [6, 6.07) is 16.7. The van der Waals surface area contributed by atoms with E-state index >= 15 is 0 Å². The molecule has 1 aliphatic heterocycles. The van der Waals surface area contributed by atoms with Gasteiger partial charge in [0.1, 0.15) is 6.33 Å². The fraction of sp³-hybridized carbons (Fsp3) is 0.211. The molecule has 2 aromatic carbocycles. The first kappa shape index (κ1) is 16.6. The van der Waals surface area contributed by atoms with Crippen molar-refractivity contribution < 1.29 is 4.79 Å². The fourth-order valence-electron chi connectivity index (χ4n) is 3.40. The van der Waals surface area contributed by atoms with Crippen LogP contribution >= 0.6 is 11.6 Å². The molecule has 1 amide bonds. The summed E-state index contributed by atoms with van der Waals surface area (Å²) in [5.41, 5.74) is 1.73. The quantitative estimate of drug-likeness (QED) is 0.742. The van der Waals surface area contributed by atoms with Crippen molar-refractivity contribution in [2.45, 2.75) is 19.0 Å². The number of hydrogen-bond acceptors (Lipinski definition) is 4. The molecule has 0 bridgehead atoms. The lowest BCUT2D eigenvalue weighted by molar-refractivity contribution is -0.121. The molecule has 4 rings (SSSR count). The molecule has 2 N–H and O–H groups in total. The molecular formula is C19H18ClN5O. The van der Waals surface area contributed by atoms with Gasteiger partial charge < -0.3 is 10.6 Å². The number of amides is 1. The predicted octanol–water partition coefficient (Wildman–Crippen LogP) is 3.59. The van der Waals surface area contributed by atoms with Crippen LogP contribution in [0.15, 0.2) is 60.9 Å². The number of carbonyl (C=O) groups excluding carboxylic acids is 1. The minimum Gasteiger partial charge on any atom is -0.351 e. The highest BCUT2D eigenvalue weighted by Gasteiger charge is 2.41. The first-order valence-corrected chi connectivity index (χ1v) is 8.78. The van der Waals surface area contributed by atoms with Crippen molar-refractivity contribution in [1.29, 1.82) is 0 Å². The predicted molar refractivity (Wildman–Crippen MR) is 101 cm³/mol. The average molecular weight is 368 g/mol. The van der Waals surface area contributed by atoms with E-state index in [1.165, 1.54) is 6.33 Å². The van der Waals surface area contributed by atoms with E-state index in [1.807, 2.05) is 37.3 Å². The summed E-state index contributed by atoms with van der Waals surface area (Å²) in [5.74, 6) is 0.228. The molecule has 3 atom stereocenters. The van der Waals surface area contributed by atoms with Crippen LogP contribution in [0.2, 0.25) is 5.02 Å². The summed E-state index contributed by atoms with van der Waals surface area (Å²) in [4.78, 5) is 17.4. The summed E-state index contributed by atoms with van der Waals surface area (Å²) in [5, 5.41) is 11.2. The van der Waals surface area contributed by atoms with Gasteiger partial charge in [-0.2, -0.15) is 10.1 Å². The van der Waals surface area contributed by atoms with Crippen LogP contribution in [-0.4, -0.2) is 26.7 Å². The number of aromatic nitrogens is 3. The molecule has 3 aromatic rings. The molecule has 7 heteroatoms. The summed E-state index contributed by atoms with van der Waals surface area (Å²) < 4.78 is 1.78. The number of rotatable bonds is 3. The maximum atomic E-state index is 13.1. The zero-order valence-electron chi connectivity index (χ0n) is 14.1. The molecule has 0 radical (unpaired) electrons. The van der Waals surface area contributed by atoms with Crippen LogP contribution in [0.3, 0.4) is 0 Å². The van der Waals surface area contributed by atoms with E-state index in [1.54, 1.807) is 28.9 Å². The van der Waals surface area contributed by atoms with E-state index < -0.39 is 0 Å². The second kappa shape index (κ2) is 6.80. The van der Waals surface area contributed by atoms with Crippen molar-refractivity contribution in [3.05, 3.63) is 71.5 Å². The van der Waals surface area contributed by atoms with Crippen LogP contribution in [-0.2, 0) is 4.79 Å². The van der Waals surface area contributed by atoms with E-state index in [0.29, 0.717) is 16.7 Å². The van der Waals surface area contributed by atoms with Crippen LogP contribution in [0.5, 0.6) is 0 Å². The van der Waals surface area contributed by atoms with Gasteiger partial charge in [0.05, 0.1) is 12.0 Å². The first-order chi connectivity index (χ1) is 12.6.